The number of aliphatic imine (C=N–C) groups is 1. The highest BCUT2D eigenvalue weighted by Crippen LogP contribution is 2.37. The molecule has 0 radical (unpaired) electrons. The molecule has 1 heterocycles. The molecule has 0 bridgehead atoms. The van der Waals surface area contributed by atoms with Crippen LogP contribution in [0.5, 0.6) is 0 Å². The van der Waals surface area contributed by atoms with Crippen LogP contribution in [0.25, 0.3) is 0 Å². The first kappa shape index (κ1) is 17.6. The first-order valence-electron chi connectivity index (χ1n) is 7.60. The fourth-order valence-electron chi connectivity index (χ4n) is 2.47. The van der Waals surface area contributed by atoms with E-state index >= 15 is 0 Å². The lowest BCUT2D eigenvalue weighted by Gasteiger charge is -2.41. The van der Waals surface area contributed by atoms with Crippen molar-refractivity contribution >= 4 is 12.5 Å². The third-order valence-corrected chi connectivity index (χ3v) is 4.14. The summed E-state index contributed by atoms with van der Waals surface area (Å²) >= 11 is 0. The molecule has 0 unspecified atom stereocenters. The summed E-state index contributed by atoms with van der Waals surface area (Å²) in [5, 5.41) is 0. The van der Waals surface area contributed by atoms with Crippen LogP contribution in [-0.4, -0.2) is 32.8 Å². The second-order valence-electron chi connectivity index (χ2n) is 5.71. The number of aldehydes is 1. The first-order valence-corrected chi connectivity index (χ1v) is 7.60. The molecule has 0 aliphatic carbocycles. The average Bonchev–Trinajstić information content (AvgIpc) is 2.44. The number of hydrogen-bond acceptors (Lipinski definition) is 3. The van der Waals surface area contributed by atoms with Gasteiger partial charge in [0.25, 0.3) is 0 Å². The summed E-state index contributed by atoms with van der Waals surface area (Å²) in [5.41, 5.74) is 3.20. The third kappa shape index (κ3) is 5.09. The predicted octanol–water partition coefficient (Wildman–Crippen LogP) is 3.91. The van der Waals surface area contributed by atoms with Gasteiger partial charge in [0, 0.05) is 24.3 Å². The van der Waals surface area contributed by atoms with Crippen molar-refractivity contribution < 1.29 is 9.53 Å². The van der Waals surface area contributed by atoms with E-state index < -0.39 is 0 Å². The molecule has 116 valence electrons. The van der Waals surface area contributed by atoms with Crippen LogP contribution in [0.4, 0.5) is 0 Å². The summed E-state index contributed by atoms with van der Waals surface area (Å²) in [5.74, 6) is 0. The van der Waals surface area contributed by atoms with Gasteiger partial charge in [-0.2, -0.15) is 0 Å². The van der Waals surface area contributed by atoms with Crippen molar-refractivity contribution in [1.82, 2.24) is 0 Å². The van der Waals surface area contributed by atoms with Crippen LogP contribution in [-0.2, 0) is 9.53 Å². The molecule has 1 fully saturated rings. The summed E-state index contributed by atoms with van der Waals surface area (Å²) in [6.07, 6.45) is 12.0. The zero-order valence-electron chi connectivity index (χ0n) is 13.7. The lowest BCUT2D eigenvalue weighted by atomic mass is 9.78. The van der Waals surface area contributed by atoms with E-state index in [4.69, 9.17) is 4.74 Å². The second kappa shape index (κ2) is 8.73. The van der Waals surface area contributed by atoms with Gasteiger partial charge in [0.15, 0.2) is 6.29 Å². The molecule has 0 saturated carbocycles. The predicted molar refractivity (Wildman–Crippen MR) is 88.9 cm³/mol. The van der Waals surface area contributed by atoms with E-state index in [0.29, 0.717) is 11.0 Å². The Kier molecular flexibility index (Phi) is 7.30. The lowest BCUT2D eigenvalue weighted by Crippen LogP contribution is -2.41. The maximum absolute atomic E-state index is 11.1. The third-order valence-electron chi connectivity index (χ3n) is 4.14. The average molecular weight is 289 g/mol. The van der Waals surface area contributed by atoms with Crippen molar-refractivity contribution in [2.24, 2.45) is 10.4 Å². The molecule has 0 aromatic heterocycles. The number of nitrogens with zero attached hydrogens (tertiary/aromatic N) is 1. The molecule has 3 nitrogen and oxygen atoms in total. The van der Waals surface area contributed by atoms with E-state index in [0.717, 1.165) is 44.3 Å². The molecule has 21 heavy (non-hydrogen) atoms. The smallest absolute Gasteiger partial charge is 0.151 e. The van der Waals surface area contributed by atoms with Gasteiger partial charge in [-0.05, 0) is 44.3 Å². The zero-order valence-corrected chi connectivity index (χ0v) is 13.7. The maximum Gasteiger partial charge on any atom is 0.151 e. The standard InChI is InChI=1S/C18H27NO2/c1-5-7-16(8-9-18(6-2)13-21-14-18)10-15(3)17(12-20)11-19-4/h5,7,10-12H,6,8-9,13-14H2,1-4H3/b7-5-,16-10+,17-15-,19-11?. The Hall–Kier alpha value is -1.48. The Morgan fingerprint density at radius 1 is 1.38 bits per heavy atom. The quantitative estimate of drug-likeness (QED) is 0.294. The van der Waals surface area contributed by atoms with Crippen molar-refractivity contribution in [1.29, 1.82) is 0 Å². The van der Waals surface area contributed by atoms with Crippen LogP contribution in [0.15, 0.2) is 39.9 Å². The van der Waals surface area contributed by atoms with Gasteiger partial charge >= 0.3 is 0 Å². The van der Waals surface area contributed by atoms with E-state index in [1.807, 2.05) is 19.9 Å². The molecule has 0 aromatic rings. The van der Waals surface area contributed by atoms with Crippen molar-refractivity contribution in [3.05, 3.63) is 34.9 Å². The second-order valence-corrected chi connectivity index (χ2v) is 5.71. The van der Waals surface area contributed by atoms with Gasteiger partial charge in [0.05, 0.1) is 13.2 Å². The molecule has 0 aromatic carbocycles. The van der Waals surface area contributed by atoms with Gasteiger partial charge in [0.2, 0.25) is 0 Å². The number of carbonyl (C=O) groups is 1. The van der Waals surface area contributed by atoms with Gasteiger partial charge < -0.3 is 4.74 Å². The van der Waals surface area contributed by atoms with E-state index in [1.54, 1.807) is 13.3 Å². The summed E-state index contributed by atoms with van der Waals surface area (Å²) in [4.78, 5) is 15.0. The lowest BCUT2D eigenvalue weighted by molar-refractivity contribution is -0.118. The molecule has 1 saturated heterocycles. The molecule has 1 aliphatic rings. The fourth-order valence-corrected chi connectivity index (χ4v) is 2.47. The summed E-state index contributed by atoms with van der Waals surface area (Å²) in [7, 11) is 1.68. The molecule has 1 aliphatic heterocycles. The van der Waals surface area contributed by atoms with E-state index in [1.165, 1.54) is 5.57 Å². The highest BCUT2D eigenvalue weighted by atomic mass is 16.5. The van der Waals surface area contributed by atoms with Crippen LogP contribution >= 0.6 is 0 Å². The Labute approximate surface area is 128 Å². The number of rotatable bonds is 8. The SMILES string of the molecule is C\C=C/C(=C\C(C)=C(/C=O)C=NC)CCC1(CC)COC1. The molecule has 0 spiro atoms. The fraction of sp³-hybridized carbons (Fsp3) is 0.556. The number of hydrogen-bond donors (Lipinski definition) is 0. The van der Waals surface area contributed by atoms with E-state index in [9.17, 15) is 4.79 Å². The van der Waals surface area contributed by atoms with Gasteiger partial charge in [-0.15, -0.1) is 0 Å². The van der Waals surface area contributed by atoms with Crippen molar-refractivity contribution in [3.63, 3.8) is 0 Å². The number of ether oxygens (including phenoxy) is 1. The van der Waals surface area contributed by atoms with Crippen molar-refractivity contribution in [3.8, 4) is 0 Å². The molecular weight excluding hydrogens is 262 g/mol. The maximum atomic E-state index is 11.1. The van der Waals surface area contributed by atoms with Crippen molar-refractivity contribution in [2.45, 2.75) is 40.0 Å². The van der Waals surface area contributed by atoms with Gasteiger partial charge in [-0.25, -0.2) is 0 Å². The molecular formula is C18H27NO2. The van der Waals surface area contributed by atoms with Gasteiger partial charge in [-0.3, -0.25) is 9.79 Å². The normalized spacial score (nSPS) is 19.7. The Bertz CT molecular complexity index is 460. The van der Waals surface area contributed by atoms with Crippen molar-refractivity contribution in [2.75, 3.05) is 20.3 Å². The van der Waals surface area contributed by atoms with Crippen LogP contribution in [0.1, 0.15) is 40.0 Å². The highest BCUT2D eigenvalue weighted by molar-refractivity contribution is 6.03. The van der Waals surface area contributed by atoms with Crippen LogP contribution in [0.2, 0.25) is 0 Å². The summed E-state index contributed by atoms with van der Waals surface area (Å²) < 4.78 is 5.38. The summed E-state index contributed by atoms with van der Waals surface area (Å²) in [6, 6.07) is 0. The topological polar surface area (TPSA) is 38.7 Å². The molecule has 0 atom stereocenters. The molecule has 0 amide bonds. The monoisotopic (exact) mass is 289 g/mol. The largest absolute Gasteiger partial charge is 0.380 e. The molecule has 0 N–H and O–H groups in total. The first-order chi connectivity index (χ1) is 10.1. The molecule has 3 heteroatoms. The Morgan fingerprint density at radius 3 is 2.52 bits per heavy atom. The molecule has 1 rings (SSSR count). The minimum absolute atomic E-state index is 0.358. The van der Waals surface area contributed by atoms with Gasteiger partial charge in [0.1, 0.15) is 0 Å². The zero-order chi connectivity index (χ0) is 15.7. The highest BCUT2D eigenvalue weighted by Gasteiger charge is 2.35. The van der Waals surface area contributed by atoms with Crippen LogP contribution < -0.4 is 0 Å². The minimum atomic E-state index is 0.358. The van der Waals surface area contributed by atoms with E-state index in [2.05, 4.69) is 24.1 Å². The Morgan fingerprint density at radius 2 is 2.10 bits per heavy atom. The van der Waals surface area contributed by atoms with Crippen LogP contribution in [0.3, 0.4) is 0 Å². The van der Waals surface area contributed by atoms with E-state index in [-0.39, 0.29) is 0 Å². The van der Waals surface area contributed by atoms with Gasteiger partial charge in [-0.1, -0.05) is 25.2 Å². The Balaban J connectivity index is 2.85. The number of carbonyl (C=O) groups excluding carboxylic acids is 1. The number of allylic oxidation sites excluding steroid dienone is 6. The van der Waals surface area contributed by atoms with Crippen LogP contribution in [0, 0.1) is 5.41 Å². The summed E-state index contributed by atoms with van der Waals surface area (Å²) in [6.45, 7) is 7.96. The minimum Gasteiger partial charge on any atom is -0.380 e.